The second-order valence-electron chi connectivity index (χ2n) is 2.23. The van der Waals surface area contributed by atoms with Crippen molar-refractivity contribution >= 4 is 11.9 Å². The molecule has 0 unspecified atom stereocenters. The van der Waals surface area contributed by atoms with Gasteiger partial charge < -0.3 is 4.42 Å². The third kappa shape index (κ3) is 0.620. The van der Waals surface area contributed by atoms with Crippen LogP contribution in [-0.2, 0) is 0 Å². The molecule has 0 amide bonds. The summed E-state index contributed by atoms with van der Waals surface area (Å²) in [7, 11) is 0. The fraction of sp³-hybridized carbons (Fsp3) is 0.125. The summed E-state index contributed by atoms with van der Waals surface area (Å²) in [6, 6.07) is 1.71. The van der Waals surface area contributed by atoms with E-state index in [1.54, 1.807) is 6.07 Å². The highest BCUT2D eigenvalue weighted by atomic mass is 16.3. The van der Waals surface area contributed by atoms with E-state index < -0.39 is 0 Å². The van der Waals surface area contributed by atoms with Crippen LogP contribution >= 0.6 is 0 Å². The predicted molar refractivity (Wildman–Crippen MR) is 36.7 cm³/mol. The average Bonchev–Trinajstić information content (AvgIpc) is 2.36. The molecule has 0 saturated heterocycles. The highest BCUT2D eigenvalue weighted by Gasteiger charge is 2.14. The first-order valence-corrected chi connectivity index (χ1v) is 3.15. The van der Waals surface area contributed by atoms with Crippen molar-refractivity contribution in [1.82, 2.24) is 0 Å². The molecule has 1 aliphatic rings. The molecule has 0 aromatic carbocycles. The van der Waals surface area contributed by atoms with E-state index in [4.69, 9.17) is 4.42 Å². The summed E-state index contributed by atoms with van der Waals surface area (Å²) in [4.78, 5) is 11.0. The number of rotatable bonds is 0. The van der Waals surface area contributed by atoms with Gasteiger partial charge in [-0.25, -0.2) is 0 Å². The summed E-state index contributed by atoms with van der Waals surface area (Å²) >= 11 is 0. The molecule has 2 heteroatoms. The Morgan fingerprint density at radius 2 is 2.40 bits per heavy atom. The maximum atomic E-state index is 11.0. The summed E-state index contributed by atoms with van der Waals surface area (Å²) in [6.07, 6.45) is 5.69. The number of carbonyl (C=O) groups excluding carboxylic acids is 1. The number of ketones is 1. The summed E-state index contributed by atoms with van der Waals surface area (Å²) in [5, 5.41) is 0. The number of hydrogen-bond donors (Lipinski definition) is 0. The summed E-state index contributed by atoms with van der Waals surface area (Å²) in [5.41, 5.74) is 0.711. The predicted octanol–water partition coefficient (Wildman–Crippen LogP) is 1.88. The second-order valence-corrected chi connectivity index (χ2v) is 2.23. The van der Waals surface area contributed by atoms with Crippen molar-refractivity contribution in [2.45, 2.75) is 6.42 Å². The van der Waals surface area contributed by atoms with Gasteiger partial charge in [-0.3, -0.25) is 4.79 Å². The molecule has 50 valence electrons. The zero-order chi connectivity index (χ0) is 6.97. The Bertz CT molecular complexity index is 294. The Labute approximate surface area is 58.2 Å². The molecule has 1 aromatic rings. The van der Waals surface area contributed by atoms with Gasteiger partial charge in [0.1, 0.15) is 5.76 Å². The first-order chi connectivity index (χ1) is 4.88. The van der Waals surface area contributed by atoms with E-state index in [1.165, 1.54) is 6.26 Å². The average molecular weight is 134 g/mol. The van der Waals surface area contributed by atoms with E-state index in [0.717, 1.165) is 0 Å². The van der Waals surface area contributed by atoms with Gasteiger partial charge in [-0.2, -0.15) is 0 Å². The van der Waals surface area contributed by atoms with Crippen LogP contribution in [0.15, 0.2) is 22.8 Å². The van der Waals surface area contributed by atoms with Gasteiger partial charge in [0.25, 0.3) is 0 Å². The van der Waals surface area contributed by atoms with Crippen LogP contribution in [-0.4, -0.2) is 5.78 Å². The van der Waals surface area contributed by atoms with Crippen LogP contribution in [0, 0.1) is 0 Å². The number of carbonyl (C=O) groups is 1. The Hall–Kier alpha value is -1.31. The minimum absolute atomic E-state index is 0.145. The molecule has 0 spiro atoms. The molecule has 0 radical (unpaired) electrons. The molecule has 0 aliphatic heterocycles. The Morgan fingerprint density at radius 1 is 1.50 bits per heavy atom. The van der Waals surface area contributed by atoms with E-state index in [2.05, 4.69) is 0 Å². The topological polar surface area (TPSA) is 30.2 Å². The van der Waals surface area contributed by atoms with Gasteiger partial charge in [0.2, 0.25) is 0 Å². The first-order valence-electron chi connectivity index (χ1n) is 3.15. The van der Waals surface area contributed by atoms with Gasteiger partial charge in [0.05, 0.1) is 11.8 Å². The molecular weight excluding hydrogens is 128 g/mol. The van der Waals surface area contributed by atoms with E-state index in [1.807, 2.05) is 12.2 Å². The van der Waals surface area contributed by atoms with Crippen LogP contribution in [0.3, 0.4) is 0 Å². The Balaban J connectivity index is 2.62. The van der Waals surface area contributed by atoms with Crippen LogP contribution < -0.4 is 0 Å². The Morgan fingerprint density at radius 3 is 3.20 bits per heavy atom. The second kappa shape index (κ2) is 1.84. The SMILES string of the molecule is O=C1CC=Cc2occc21. The molecule has 0 saturated carbocycles. The largest absolute Gasteiger partial charge is 0.464 e. The number of allylic oxidation sites excluding steroid dienone is 1. The zero-order valence-corrected chi connectivity index (χ0v) is 5.33. The van der Waals surface area contributed by atoms with Crippen LogP contribution in [0.5, 0.6) is 0 Å². The van der Waals surface area contributed by atoms with Gasteiger partial charge in [0, 0.05) is 6.42 Å². The molecule has 0 bridgehead atoms. The smallest absolute Gasteiger partial charge is 0.170 e. The standard InChI is InChI=1S/C8H6O2/c9-7-2-1-3-8-6(7)4-5-10-8/h1,3-5H,2H2. The first kappa shape index (κ1) is 5.47. The Kier molecular flexibility index (Phi) is 1.01. The number of furan rings is 1. The minimum atomic E-state index is 0.145. The van der Waals surface area contributed by atoms with Gasteiger partial charge in [0.15, 0.2) is 5.78 Å². The van der Waals surface area contributed by atoms with Crippen molar-refractivity contribution in [3.63, 3.8) is 0 Å². The van der Waals surface area contributed by atoms with Crippen LogP contribution in [0.25, 0.3) is 6.08 Å². The fourth-order valence-corrected chi connectivity index (χ4v) is 1.06. The van der Waals surface area contributed by atoms with E-state index in [9.17, 15) is 4.79 Å². The van der Waals surface area contributed by atoms with Gasteiger partial charge in [-0.1, -0.05) is 6.08 Å². The number of Topliss-reactive ketones (excluding diaryl/α,β-unsaturated/α-hetero) is 1. The summed E-state index contributed by atoms with van der Waals surface area (Å²) in [5.74, 6) is 0.836. The van der Waals surface area contributed by atoms with Crippen molar-refractivity contribution in [2.24, 2.45) is 0 Å². The molecule has 0 fully saturated rings. The summed E-state index contributed by atoms with van der Waals surface area (Å²) in [6.45, 7) is 0. The van der Waals surface area contributed by atoms with Crippen LogP contribution in [0.1, 0.15) is 22.5 Å². The highest BCUT2D eigenvalue weighted by molar-refractivity contribution is 6.01. The quantitative estimate of drug-likeness (QED) is 0.542. The minimum Gasteiger partial charge on any atom is -0.464 e. The zero-order valence-electron chi connectivity index (χ0n) is 5.33. The third-order valence-corrected chi connectivity index (χ3v) is 1.57. The van der Waals surface area contributed by atoms with Crippen molar-refractivity contribution in [3.8, 4) is 0 Å². The van der Waals surface area contributed by atoms with Gasteiger partial charge in [-0.15, -0.1) is 0 Å². The van der Waals surface area contributed by atoms with Crippen molar-refractivity contribution in [1.29, 1.82) is 0 Å². The van der Waals surface area contributed by atoms with E-state index >= 15 is 0 Å². The normalized spacial score (nSPS) is 15.4. The van der Waals surface area contributed by atoms with E-state index in [-0.39, 0.29) is 5.78 Å². The maximum absolute atomic E-state index is 11.0. The van der Waals surface area contributed by atoms with Crippen LogP contribution in [0.4, 0.5) is 0 Å². The molecule has 1 heterocycles. The monoisotopic (exact) mass is 134 g/mol. The fourth-order valence-electron chi connectivity index (χ4n) is 1.06. The molecule has 1 aliphatic carbocycles. The van der Waals surface area contributed by atoms with Gasteiger partial charge >= 0.3 is 0 Å². The number of fused-ring (bicyclic) bond motifs is 1. The van der Waals surface area contributed by atoms with Gasteiger partial charge in [-0.05, 0) is 12.1 Å². The lowest BCUT2D eigenvalue weighted by atomic mass is 10.0. The van der Waals surface area contributed by atoms with Crippen LogP contribution in [0.2, 0.25) is 0 Å². The molecule has 10 heavy (non-hydrogen) atoms. The molecule has 1 aromatic heterocycles. The molecule has 0 atom stereocenters. The lowest BCUT2D eigenvalue weighted by Gasteiger charge is -1.99. The molecular formula is C8H6O2. The lowest BCUT2D eigenvalue weighted by Crippen LogP contribution is -2.00. The van der Waals surface area contributed by atoms with E-state index in [0.29, 0.717) is 17.7 Å². The third-order valence-electron chi connectivity index (χ3n) is 1.57. The van der Waals surface area contributed by atoms with Crippen molar-refractivity contribution in [2.75, 3.05) is 0 Å². The molecule has 2 nitrogen and oxygen atoms in total. The number of hydrogen-bond acceptors (Lipinski definition) is 2. The molecule has 0 N–H and O–H groups in total. The molecule has 2 rings (SSSR count). The van der Waals surface area contributed by atoms with Crippen molar-refractivity contribution < 1.29 is 9.21 Å². The lowest BCUT2D eigenvalue weighted by molar-refractivity contribution is 0.0993. The highest BCUT2D eigenvalue weighted by Crippen LogP contribution is 2.19. The van der Waals surface area contributed by atoms with Crippen molar-refractivity contribution in [3.05, 3.63) is 29.7 Å². The maximum Gasteiger partial charge on any atom is 0.170 e. The summed E-state index contributed by atoms with van der Waals surface area (Å²) < 4.78 is 5.02.